The number of alkyl halides is 2. The van der Waals surface area contributed by atoms with Gasteiger partial charge in [0.15, 0.2) is 7.11 Å². The molecule has 0 aromatic heterocycles. The van der Waals surface area contributed by atoms with E-state index in [0.717, 1.165) is 30.4 Å². The van der Waals surface area contributed by atoms with E-state index in [0.29, 0.717) is 11.8 Å². The molecular weight excluding hydrogens is 577 g/mol. The lowest BCUT2D eigenvalue weighted by Crippen LogP contribution is -2.83. The molecule has 0 saturated heterocycles. The van der Waals surface area contributed by atoms with Crippen LogP contribution in [0.4, 0.5) is 5.69 Å². The molecule has 0 aliphatic carbocycles. The van der Waals surface area contributed by atoms with Gasteiger partial charge in [-0.25, -0.2) is 0 Å². The number of rotatable bonds is 21. The normalized spacial score (nSPS) is 17.3. The van der Waals surface area contributed by atoms with Gasteiger partial charge in [-0.05, 0) is 42.0 Å². The third-order valence-electron chi connectivity index (χ3n) is 7.59. The zero-order valence-electron chi connectivity index (χ0n) is 24.8. The molecule has 0 spiro atoms. The van der Waals surface area contributed by atoms with E-state index in [4.69, 9.17) is 51.0 Å². The number of ether oxygens (including phenoxy) is 4. The number of nitrogens with one attached hydrogen (secondary N) is 1. The summed E-state index contributed by atoms with van der Waals surface area (Å²) in [5.41, 5.74) is 1.09. The summed E-state index contributed by atoms with van der Waals surface area (Å²) in [4.78, 5) is 0. The maximum absolute atomic E-state index is 6.64. The predicted octanol–water partition coefficient (Wildman–Crippen LogP) is 5.37. The zero-order chi connectivity index (χ0) is 28.8. The number of hydrogen-bond donors (Lipinski definition) is 1. The summed E-state index contributed by atoms with van der Waals surface area (Å²) in [7, 11) is 2.62. The highest BCUT2D eigenvalue weighted by molar-refractivity contribution is 7.63. The van der Waals surface area contributed by atoms with E-state index in [9.17, 15) is 0 Å². The van der Waals surface area contributed by atoms with E-state index in [1.165, 1.54) is 0 Å². The molecule has 1 N–H and O–H groups in total. The molecule has 5 atom stereocenters. The van der Waals surface area contributed by atoms with Gasteiger partial charge in [0.2, 0.25) is 0 Å². The fourth-order valence-electron chi connectivity index (χ4n) is 5.87. The second-order valence-corrected chi connectivity index (χ2v) is 31.1. The van der Waals surface area contributed by atoms with Crippen molar-refractivity contribution in [3.05, 3.63) is 30.3 Å². The Hall–Kier alpha value is 0.0106. The van der Waals surface area contributed by atoms with Crippen molar-refractivity contribution in [1.82, 2.24) is 0 Å². The van der Waals surface area contributed by atoms with Gasteiger partial charge in [0, 0.05) is 66.7 Å². The van der Waals surface area contributed by atoms with Gasteiger partial charge < -0.3 is 33.1 Å². The average molecular weight is 629 g/mol. The molecule has 222 valence electrons. The Bertz CT molecular complexity index is 747. The quantitative estimate of drug-likeness (QED) is 0.112. The minimum atomic E-state index is -2.99. The van der Waals surface area contributed by atoms with Crippen LogP contribution >= 0.6 is 23.2 Å². The maximum atomic E-state index is 6.64. The number of halogens is 2. The molecule has 7 nitrogen and oxygen atoms in total. The Morgan fingerprint density at radius 2 is 1.32 bits per heavy atom. The highest BCUT2D eigenvalue weighted by atomic mass is 35.5. The van der Waals surface area contributed by atoms with Crippen molar-refractivity contribution in [1.29, 1.82) is 0 Å². The molecule has 0 radical (unpaired) electrons. The Kier molecular flexibility index (Phi) is 17.5. The van der Waals surface area contributed by atoms with Crippen LogP contribution in [0.1, 0.15) is 20.8 Å². The number of methoxy groups -OCH3 is 4. The van der Waals surface area contributed by atoms with Gasteiger partial charge in [0.1, 0.15) is 20.1 Å². The second-order valence-electron chi connectivity index (χ2n) is 10.5. The van der Waals surface area contributed by atoms with Crippen LogP contribution in [0.25, 0.3) is 0 Å². The monoisotopic (exact) mass is 627 g/mol. The summed E-state index contributed by atoms with van der Waals surface area (Å²) in [5.74, 6) is 0.992. The smallest absolute Gasteiger partial charge is 0.319 e. The lowest BCUT2D eigenvalue weighted by atomic mass is 10.2. The maximum Gasteiger partial charge on any atom is 0.319 e. The molecule has 0 fully saturated rings. The zero-order valence-corrected chi connectivity index (χ0v) is 29.5. The minimum absolute atomic E-state index is 0.200. The lowest BCUT2D eigenvalue weighted by Gasteiger charge is -2.53. The van der Waals surface area contributed by atoms with Crippen LogP contribution < -0.4 is 5.32 Å². The minimum Gasteiger partial charge on any atom is -0.400 e. The van der Waals surface area contributed by atoms with Crippen LogP contribution in [0, 0.1) is 17.8 Å². The molecule has 0 saturated carbocycles. The van der Waals surface area contributed by atoms with Crippen LogP contribution in [0.2, 0.25) is 18.1 Å². The van der Waals surface area contributed by atoms with Crippen molar-refractivity contribution in [3.8, 4) is 0 Å². The van der Waals surface area contributed by atoms with Crippen LogP contribution in [-0.4, -0.2) is 96.3 Å². The number of para-hydroxylation sites is 1. The molecule has 0 amide bonds. The SMILES string of the molecule is COC(OC)[SiH](CC(C)CCl)[Si](CC(C)CNc1ccccc1)(C(OC)OC)[Si](CC(C)CCl)(OC)OC. The van der Waals surface area contributed by atoms with Crippen molar-refractivity contribution in [2.24, 2.45) is 17.8 Å². The average Bonchev–Trinajstić information content (AvgIpc) is 2.95. The lowest BCUT2D eigenvalue weighted by molar-refractivity contribution is -0.0556. The molecule has 0 heterocycles. The van der Waals surface area contributed by atoms with E-state index in [2.05, 4.69) is 38.2 Å². The molecule has 1 aromatic carbocycles. The number of anilines is 1. The summed E-state index contributed by atoms with van der Waals surface area (Å²) in [6, 6.07) is 12.8. The predicted molar refractivity (Wildman–Crippen MR) is 167 cm³/mol. The molecule has 0 bridgehead atoms. The number of hydrogen-bond acceptors (Lipinski definition) is 7. The van der Waals surface area contributed by atoms with Crippen LogP contribution in [0.5, 0.6) is 0 Å². The van der Waals surface area contributed by atoms with Crippen LogP contribution in [0.15, 0.2) is 30.3 Å². The van der Waals surface area contributed by atoms with Crippen LogP contribution in [0.3, 0.4) is 0 Å². The Balaban J connectivity index is 3.85. The van der Waals surface area contributed by atoms with E-state index in [1.54, 1.807) is 42.7 Å². The molecule has 1 rings (SSSR count). The van der Waals surface area contributed by atoms with E-state index >= 15 is 0 Å². The van der Waals surface area contributed by atoms with Crippen LogP contribution in [-0.2, 0) is 27.8 Å². The van der Waals surface area contributed by atoms with Gasteiger partial charge in [-0.15, -0.1) is 23.2 Å². The van der Waals surface area contributed by atoms with E-state index < -0.39 is 29.4 Å². The summed E-state index contributed by atoms with van der Waals surface area (Å²) in [6.45, 7) is 7.41. The highest BCUT2D eigenvalue weighted by Crippen LogP contribution is 2.42. The molecule has 1 aromatic rings. The highest BCUT2D eigenvalue weighted by Gasteiger charge is 2.70. The van der Waals surface area contributed by atoms with Gasteiger partial charge in [-0.3, -0.25) is 0 Å². The molecule has 12 heteroatoms. The molecule has 0 aliphatic rings. The standard InChI is InChI=1S/C26H51Cl2NO6Si3/c1-21(15-27)18-36(25(30-4)31-5)37(26(32-6)33-7,38(34-8,35-9)20-22(2)16-28)19-23(3)17-29-24-13-11-10-12-14-24/h10-14,21-23,25-26,29,36H,15-20H2,1-9H3. The summed E-state index contributed by atoms with van der Waals surface area (Å²) in [6.07, 6.45) is 0. The second kappa shape index (κ2) is 18.4. The van der Waals surface area contributed by atoms with Crippen molar-refractivity contribution >= 4 is 52.4 Å². The topological polar surface area (TPSA) is 67.4 Å². The summed E-state index contributed by atoms with van der Waals surface area (Å²) >= 11 is 12.8. The van der Waals surface area contributed by atoms with Crippen molar-refractivity contribution in [2.45, 2.75) is 50.7 Å². The third kappa shape index (κ3) is 9.01. The van der Waals surface area contributed by atoms with E-state index in [-0.39, 0.29) is 23.7 Å². The first-order valence-electron chi connectivity index (χ1n) is 13.3. The fourth-order valence-corrected chi connectivity index (χ4v) is 45.4. The van der Waals surface area contributed by atoms with Crippen molar-refractivity contribution in [2.75, 3.05) is 66.3 Å². The third-order valence-corrected chi connectivity index (χ3v) is 40.9. The summed E-state index contributed by atoms with van der Waals surface area (Å²) in [5, 5.41) is 3.61. The fraction of sp³-hybridized carbons (Fsp3) is 0.769. The van der Waals surface area contributed by atoms with Crippen molar-refractivity contribution in [3.63, 3.8) is 0 Å². The molecule has 0 aliphatic heterocycles. The molecule has 38 heavy (non-hydrogen) atoms. The van der Waals surface area contributed by atoms with Gasteiger partial charge in [0.25, 0.3) is 0 Å². The largest absolute Gasteiger partial charge is 0.400 e. The first-order chi connectivity index (χ1) is 18.2. The van der Waals surface area contributed by atoms with Gasteiger partial charge in [0.05, 0.1) is 0 Å². The molecule has 5 unspecified atom stereocenters. The van der Waals surface area contributed by atoms with Crippen molar-refractivity contribution < 1.29 is 27.8 Å². The Morgan fingerprint density at radius 3 is 1.76 bits per heavy atom. The van der Waals surface area contributed by atoms with Gasteiger partial charge >= 0.3 is 8.08 Å². The van der Waals surface area contributed by atoms with E-state index in [1.807, 2.05) is 18.2 Å². The first kappa shape index (κ1) is 36.0. The van der Waals surface area contributed by atoms with Gasteiger partial charge in [-0.1, -0.05) is 45.0 Å². The Morgan fingerprint density at radius 1 is 0.763 bits per heavy atom. The molecular formula is C26H51Cl2NO6Si3. The van der Waals surface area contributed by atoms with Gasteiger partial charge in [-0.2, -0.15) is 0 Å². The first-order valence-corrected chi connectivity index (χ1v) is 23.0. The Labute approximate surface area is 244 Å². The number of benzene rings is 1. The summed E-state index contributed by atoms with van der Waals surface area (Å²) < 4.78 is 37.9.